The van der Waals surface area contributed by atoms with E-state index in [0.717, 1.165) is 10.6 Å². The molecule has 2 rings (SSSR count). The van der Waals surface area contributed by atoms with Gasteiger partial charge in [-0.05, 0) is 42.8 Å². The molecule has 7 nitrogen and oxygen atoms in total. The fourth-order valence-corrected chi connectivity index (χ4v) is 2.97. The highest BCUT2D eigenvalue weighted by molar-refractivity contribution is 7.92. The summed E-state index contributed by atoms with van der Waals surface area (Å²) in [6, 6.07) is 11.2. The number of rotatable bonds is 5. The monoisotopic (exact) mass is 376 g/mol. The number of benzene rings is 2. The second-order valence-corrected chi connectivity index (χ2v) is 7.74. The third kappa shape index (κ3) is 4.20. The maximum Gasteiger partial charge on any atom is 0.339 e. The molecule has 1 N–H and O–H groups in total. The minimum atomic E-state index is -3.40. The lowest BCUT2D eigenvalue weighted by atomic mass is 10.1. The Balaban J connectivity index is 2.30. The molecule has 0 aliphatic rings. The van der Waals surface area contributed by atoms with E-state index in [4.69, 9.17) is 4.74 Å². The van der Waals surface area contributed by atoms with Crippen molar-refractivity contribution in [2.75, 3.05) is 30.0 Å². The lowest BCUT2D eigenvalue weighted by molar-refractivity contribution is 0.0602. The van der Waals surface area contributed by atoms with Crippen LogP contribution in [0.25, 0.3) is 0 Å². The summed E-state index contributed by atoms with van der Waals surface area (Å²) in [5, 5.41) is 2.68. The van der Waals surface area contributed by atoms with E-state index in [0.29, 0.717) is 22.5 Å². The Morgan fingerprint density at radius 3 is 2.35 bits per heavy atom. The second kappa shape index (κ2) is 7.57. The highest BCUT2D eigenvalue weighted by atomic mass is 32.2. The van der Waals surface area contributed by atoms with Crippen LogP contribution in [0.3, 0.4) is 0 Å². The lowest BCUT2D eigenvalue weighted by Gasteiger charge is -2.19. The van der Waals surface area contributed by atoms with Crippen LogP contribution < -0.4 is 9.62 Å². The zero-order valence-corrected chi connectivity index (χ0v) is 15.8. The van der Waals surface area contributed by atoms with Crippen LogP contribution in [-0.2, 0) is 14.8 Å². The highest BCUT2D eigenvalue weighted by Crippen LogP contribution is 2.23. The van der Waals surface area contributed by atoms with E-state index in [-0.39, 0.29) is 5.56 Å². The summed E-state index contributed by atoms with van der Waals surface area (Å²) < 4.78 is 29.2. The Bertz CT molecular complexity index is 954. The van der Waals surface area contributed by atoms with Gasteiger partial charge in [-0.3, -0.25) is 9.10 Å². The molecular weight excluding hydrogens is 356 g/mol. The molecule has 0 unspecified atom stereocenters. The van der Waals surface area contributed by atoms with Gasteiger partial charge < -0.3 is 10.1 Å². The largest absolute Gasteiger partial charge is 0.465 e. The molecule has 0 bridgehead atoms. The van der Waals surface area contributed by atoms with E-state index in [1.54, 1.807) is 43.3 Å². The molecule has 0 atom stereocenters. The van der Waals surface area contributed by atoms with Crippen LogP contribution >= 0.6 is 0 Å². The van der Waals surface area contributed by atoms with Crippen molar-refractivity contribution in [3.8, 4) is 0 Å². The summed E-state index contributed by atoms with van der Waals surface area (Å²) in [5.74, 6) is -0.972. The van der Waals surface area contributed by atoms with Gasteiger partial charge in [0.25, 0.3) is 5.91 Å². The molecule has 8 heteroatoms. The minimum absolute atomic E-state index is 0.244. The number of para-hydroxylation sites is 1. The molecule has 2 aromatic rings. The molecule has 0 aromatic heterocycles. The van der Waals surface area contributed by atoms with Gasteiger partial charge in [-0.1, -0.05) is 12.1 Å². The van der Waals surface area contributed by atoms with E-state index in [9.17, 15) is 18.0 Å². The summed E-state index contributed by atoms with van der Waals surface area (Å²) >= 11 is 0. The number of carbonyl (C=O) groups excluding carboxylic acids is 2. The predicted octanol–water partition coefficient (Wildman–Crippen LogP) is 2.43. The van der Waals surface area contributed by atoms with Crippen LogP contribution in [0.4, 0.5) is 11.4 Å². The molecule has 0 aliphatic carbocycles. The van der Waals surface area contributed by atoms with Crippen molar-refractivity contribution in [2.24, 2.45) is 0 Å². The first kappa shape index (κ1) is 19.5. The number of nitrogens with one attached hydrogen (secondary N) is 1. The zero-order valence-electron chi connectivity index (χ0n) is 14.9. The summed E-state index contributed by atoms with van der Waals surface area (Å²) in [5.41, 5.74) is 2.03. The van der Waals surface area contributed by atoms with Crippen molar-refractivity contribution >= 4 is 33.3 Å². The lowest BCUT2D eigenvalue weighted by Crippen LogP contribution is -2.25. The highest BCUT2D eigenvalue weighted by Gasteiger charge is 2.17. The van der Waals surface area contributed by atoms with Gasteiger partial charge in [-0.15, -0.1) is 0 Å². The molecule has 0 heterocycles. The van der Waals surface area contributed by atoms with Gasteiger partial charge in [0.05, 0.1) is 30.3 Å². The van der Waals surface area contributed by atoms with E-state index >= 15 is 0 Å². The third-order valence-electron chi connectivity index (χ3n) is 3.88. The zero-order chi connectivity index (χ0) is 19.5. The molecule has 0 aliphatic heterocycles. The van der Waals surface area contributed by atoms with Crippen molar-refractivity contribution in [1.82, 2.24) is 0 Å². The van der Waals surface area contributed by atoms with Gasteiger partial charge in [-0.2, -0.15) is 0 Å². The first-order valence-electron chi connectivity index (χ1n) is 7.68. The minimum Gasteiger partial charge on any atom is -0.465 e. The first-order chi connectivity index (χ1) is 12.1. The molecule has 1 amide bonds. The molecule has 0 spiro atoms. The van der Waals surface area contributed by atoms with Crippen molar-refractivity contribution in [3.05, 3.63) is 59.2 Å². The number of nitrogens with zero attached hydrogens (tertiary/aromatic N) is 1. The first-order valence-corrected chi connectivity index (χ1v) is 9.53. The number of hydrogen-bond donors (Lipinski definition) is 1. The maximum atomic E-state index is 12.5. The van der Waals surface area contributed by atoms with Crippen LogP contribution in [0.15, 0.2) is 42.5 Å². The van der Waals surface area contributed by atoms with Gasteiger partial charge in [0.15, 0.2) is 0 Å². The Morgan fingerprint density at radius 1 is 1.12 bits per heavy atom. The van der Waals surface area contributed by atoms with Crippen LogP contribution in [0, 0.1) is 6.92 Å². The number of ether oxygens (including phenoxy) is 1. The fraction of sp³-hybridized carbons (Fsp3) is 0.222. The molecule has 138 valence electrons. The van der Waals surface area contributed by atoms with Crippen LogP contribution in [0.5, 0.6) is 0 Å². The van der Waals surface area contributed by atoms with Gasteiger partial charge >= 0.3 is 5.97 Å². The number of carbonyl (C=O) groups is 2. The van der Waals surface area contributed by atoms with E-state index in [1.807, 2.05) is 0 Å². The van der Waals surface area contributed by atoms with Crippen LogP contribution in [-0.4, -0.2) is 40.7 Å². The van der Waals surface area contributed by atoms with Gasteiger partial charge in [0.2, 0.25) is 10.0 Å². The number of esters is 1. The molecule has 0 saturated carbocycles. The van der Waals surface area contributed by atoms with Crippen molar-refractivity contribution in [3.63, 3.8) is 0 Å². The standard InChI is InChI=1S/C18H20N2O5S/c1-12-11-13(9-10-16(12)20(2)26(4,23)24)17(21)19-15-8-6-5-7-14(15)18(22)25-3/h5-11H,1-4H3,(H,19,21). The third-order valence-corrected chi connectivity index (χ3v) is 5.07. The predicted molar refractivity (Wildman–Crippen MR) is 100 cm³/mol. The fourth-order valence-electron chi connectivity index (χ4n) is 2.40. The van der Waals surface area contributed by atoms with Gasteiger partial charge in [-0.25, -0.2) is 13.2 Å². The van der Waals surface area contributed by atoms with E-state index < -0.39 is 21.9 Å². The van der Waals surface area contributed by atoms with E-state index in [2.05, 4.69) is 5.32 Å². The number of methoxy groups -OCH3 is 1. The van der Waals surface area contributed by atoms with Gasteiger partial charge in [0.1, 0.15) is 0 Å². The smallest absolute Gasteiger partial charge is 0.339 e. The summed E-state index contributed by atoms with van der Waals surface area (Å²) in [7, 11) is -0.683. The van der Waals surface area contributed by atoms with Gasteiger partial charge in [0, 0.05) is 12.6 Å². The Kier molecular flexibility index (Phi) is 5.66. The van der Waals surface area contributed by atoms with E-state index in [1.165, 1.54) is 20.2 Å². The number of anilines is 2. The molecule has 0 saturated heterocycles. The number of aryl methyl sites for hydroxylation is 1. The molecule has 0 radical (unpaired) electrons. The van der Waals surface area contributed by atoms with Crippen molar-refractivity contribution < 1.29 is 22.7 Å². The normalized spacial score (nSPS) is 10.9. The molecule has 0 fully saturated rings. The number of sulfonamides is 1. The topological polar surface area (TPSA) is 92.8 Å². The van der Waals surface area contributed by atoms with Crippen molar-refractivity contribution in [1.29, 1.82) is 0 Å². The Hall–Kier alpha value is -2.87. The SMILES string of the molecule is COC(=O)c1ccccc1NC(=O)c1ccc(N(C)S(C)(=O)=O)c(C)c1. The summed E-state index contributed by atoms with van der Waals surface area (Å²) in [6.07, 6.45) is 1.11. The molecule has 26 heavy (non-hydrogen) atoms. The Morgan fingerprint density at radius 2 is 1.77 bits per heavy atom. The number of amides is 1. The van der Waals surface area contributed by atoms with Crippen molar-refractivity contribution in [2.45, 2.75) is 6.92 Å². The second-order valence-electron chi connectivity index (χ2n) is 5.72. The maximum absolute atomic E-state index is 12.5. The Labute approximate surface area is 152 Å². The summed E-state index contributed by atoms with van der Waals surface area (Å²) in [6.45, 7) is 1.72. The average Bonchev–Trinajstić information content (AvgIpc) is 2.60. The quantitative estimate of drug-likeness (QED) is 0.809. The molecular formula is C18H20N2O5S. The number of hydrogen-bond acceptors (Lipinski definition) is 5. The van der Waals surface area contributed by atoms with Crippen LogP contribution in [0.1, 0.15) is 26.3 Å². The average molecular weight is 376 g/mol. The van der Waals surface area contributed by atoms with Crippen LogP contribution in [0.2, 0.25) is 0 Å². The summed E-state index contributed by atoms with van der Waals surface area (Å²) in [4.78, 5) is 24.3. The molecule has 2 aromatic carbocycles.